The number of rotatable bonds is 4. The Hall–Kier alpha value is -2.47. The molecule has 120 valence electrons. The van der Waals surface area contributed by atoms with Gasteiger partial charge in [0.2, 0.25) is 0 Å². The number of anilines is 1. The van der Waals surface area contributed by atoms with Crippen molar-refractivity contribution in [2.45, 2.75) is 18.9 Å². The minimum Gasteiger partial charge on any atom is -0.486 e. The molecule has 0 saturated heterocycles. The van der Waals surface area contributed by atoms with Crippen molar-refractivity contribution in [2.24, 2.45) is 5.92 Å². The van der Waals surface area contributed by atoms with Crippen molar-refractivity contribution in [1.82, 2.24) is 0 Å². The summed E-state index contributed by atoms with van der Waals surface area (Å²) >= 11 is 0. The summed E-state index contributed by atoms with van der Waals surface area (Å²) in [6, 6.07) is 6.70. The van der Waals surface area contributed by atoms with Crippen LogP contribution in [0.4, 0.5) is 5.69 Å². The Balaban J connectivity index is 1.69. The minimum atomic E-state index is -0.627. The topological polar surface area (TPSA) is 80.9 Å². The van der Waals surface area contributed by atoms with Crippen LogP contribution in [0.25, 0.3) is 0 Å². The molecule has 4 rings (SSSR count). The van der Waals surface area contributed by atoms with Crippen LogP contribution in [-0.2, 0) is 0 Å². The number of carbonyl (C=O) groups is 1. The molecule has 6 nitrogen and oxygen atoms in total. The van der Waals surface area contributed by atoms with Crippen molar-refractivity contribution in [1.29, 1.82) is 0 Å². The van der Waals surface area contributed by atoms with Gasteiger partial charge in [-0.05, 0) is 37.0 Å². The van der Waals surface area contributed by atoms with E-state index < -0.39 is 6.10 Å². The summed E-state index contributed by atoms with van der Waals surface area (Å²) in [6.45, 7) is 0.938. The lowest BCUT2D eigenvalue weighted by Gasteiger charge is -2.23. The maximum atomic E-state index is 12.2. The van der Waals surface area contributed by atoms with Gasteiger partial charge in [-0.25, -0.2) is 0 Å². The summed E-state index contributed by atoms with van der Waals surface area (Å²) in [7, 11) is 0. The molecule has 1 atom stereocenters. The number of fused-ring (bicyclic) bond motifs is 1. The van der Waals surface area contributed by atoms with E-state index in [0.29, 0.717) is 36.0 Å². The van der Waals surface area contributed by atoms with Crippen LogP contribution in [0.3, 0.4) is 0 Å². The normalized spacial score (nSPS) is 17.6. The van der Waals surface area contributed by atoms with Crippen molar-refractivity contribution in [3.8, 4) is 11.5 Å². The number of nitrogens with one attached hydrogen (secondary N) is 1. The van der Waals surface area contributed by atoms with E-state index in [1.54, 1.807) is 24.3 Å². The van der Waals surface area contributed by atoms with Gasteiger partial charge in [-0.3, -0.25) is 4.79 Å². The molecule has 2 N–H and O–H groups in total. The molecule has 1 amide bonds. The van der Waals surface area contributed by atoms with Gasteiger partial charge in [0.25, 0.3) is 5.91 Å². The second-order valence-corrected chi connectivity index (χ2v) is 5.80. The summed E-state index contributed by atoms with van der Waals surface area (Å²) in [5.74, 6) is 1.25. The van der Waals surface area contributed by atoms with Crippen LogP contribution >= 0.6 is 0 Å². The van der Waals surface area contributed by atoms with E-state index in [1.165, 1.54) is 6.26 Å². The molecule has 1 aliphatic heterocycles. The molecule has 1 fully saturated rings. The fourth-order valence-electron chi connectivity index (χ4n) is 2.72. The Labute approximate surface area is 133 Å². The van der Waals surface area contributed by atoms with Crippen LogP contribution in [-0.4, -0.2) is 24.2 Å². The average molecular weight is 315 g/mol. The predicted molar refractivity (Wildman–Crippen MR) is 81.8 cm³/mol. The second-order valence-electron chi connectivity index (χ2n) is 5.80. The quantitative estimate of drug-likeness (QED) is 0.906. The van der Waals surface area contributed by atoms with Gasteiger partial charge < -0.3 is 24.3 Å². The zero-order chi connectivity index (χ0) is 15.8. The Bertz CT molecular complexity index is 721. The highest BCUT2D eigenvalue weighted by Gasteiger charge is 2.33. The number of amides is 1. The number of aliphatic hydroxyl groups is 1. The monoisotopic (exact) mass is 315 g/mol. The van der Waals surface area contributed by atoms with Gasteiger partial charge in [-0.1, -0.05) is 0 Å². The highest BCUT2D eigenvalue weighted by Crippen LogP contribution is 2.46. The van der Waals surface area contributed by atoms with Gasteiger partial charge >= 0.3 is 0 Å². The van der Waals surface area contributed by atoms with Crippen LogP contribution in [0.1, 0.15) is 35.1 Å². The smallest absolute Gasteiger partial charge is 0.291 e. The van der Waals surface area contributed by atoms with E-state index >= 15 is 0 Å². The summed E-state index contributed by atoms with van der Waals surface area (Å²) in [5.41, 5.74) is 1.17. The van der Waals surface area contributed by atoms with E-state index in [0.717, 1.165) is 12.8 Å². The SMILES string of the molecule is O=C(Nc1cc2c(cc1[C@H](O)C1CC1)OCCO2)c1ccco1. The van der Waals surface area contributed by atoms with E-state index in [2.05, 4.69) is 5.32 Å². The molecule has 1 aromatic carbocycles. The predicted octanol–water partition coefficient (Wildman–Crippen LogP) is 2.75. The van der Waals surface area contributed by atoms with Crippen molar-refractivity contribution in [2.75, 3.05) is 18.5 Å². The van der Waals surface area contributed by atoms with E-state index in [1.807, 2.05) is 0 Å². The summed E-state index contributed by atoms with van der Waals surface area (Å²) in [4.78, 5) is 12.2. The Kier molecular flexibility index (Phi) is 3.46. The van der Waals surface area contributed by atoms with Crippen LogP contribution in [0.2, 0.25) is 0 Å². The highest BCUT2D eigenvalue weighted by atomic mass is 16.6. The molecule has 6 heteroatoms. The van der Waals surface area contributed by atoms with Crippen LogP contribution in [0.5, 0.6) is 11.5 Å². The lowest BCUT2D eigenvalue weighted by molar-refractivity contribution is 0.0995. The third-order valence-electron chi connectivity index (χ3n) is 4.09. The summed E-state index contributed by atoms with van der Waals surface area (Å²) in [5, 5.41) is 13.3. The molecule has 2 heterocycles. The fraction of sp³-hybridized carbons (Fsp3) is 0.353. The lowest BCUT2D eigenvalue weighted by Crippen LogP contribution is -2.18. The summed E-state index contributed by atoms with van der Waals surface area (Å²) in [6.07, 6.45) is 2.79. The van der Waals surface area contributed by atoms with Gasteiger partial charge in [0.1, 0.15) is 13.2 Å². The molecule has 1 aliphatic carbocycles. The maximum Gasteiger partial charge on any atom is 0.291 e. The summed E-state index contributed by atoms with van der Waals surface area (Å²) < 4.78 is 16.3. The first kappa shape index (κ1) is 14.1. The van der Waals surface area contributed by atoms with Crippen LogP contribution in [0, 0.1) is 5.92 Å². The third kappa shape index (κ3) is 2.77. The largest absolute Gasteiger partial charge is 0.486 e. The molecule has 23 heavy (non-hydrogen) atoms. The molecular formula is C17H17NO5. The van der Waals surface area contributed by atoms with Gasteiger partial charge in [0, 0.05) is 11.6 Å². The first-order valence-electron chi connectivity index (χ1n) is 7.69. The standard InChI is InChI=1S/C17H17NO5/c19-16(10-3-4-10)11-8-14-15(23-7-6-22-14)9-12(11)18-17(20)13-2-1-5-21-13/h1-2,5,8-10,16,19H,3-4,6-7H2,(H,18,20)/t16-/m1/s1. The van der Waals surface area contributed by atoms with Crippen molar-refractivity contribution in [3.05, 3.63) is 41.9 Å². The van der Waals surface area contributed by atoms with E-state index in [9.17, 15) is 9.90 Å². The number of aliphatic hydroxyl groups excluding tert-OH is 1. The zero-order valence-corrected chi connectivity index (χ0v) is 12.5. The number of benzene rings is 1. The molecule has 1 aromatic heterocycles. The Morgan fingerprint density at radius 3 is 2.61 bits per heavy atom. The first-order chi connectivity index (χ1) is 11.2. The third-order valence-corrected chi connectivity index (χ3v) is 4.09. The number of ether oxygens (including phenoxy) is 2. The number of carbonyl (C=O) groups excluding carboxylic acids is 1. The number of hydrogen-bond donors (Lipinski definition) is 2. The van der Waals surface area contributed by atoms with Gasteiger partial charge in [0.05, 0.1) is 18.1 Å². The second kappa shape index (κ2) is 5.62. The first-order valence-corrected chi connectivity index (χ1v) is 7.69. The van der Waals surface area contributed by atoms with Crippen molar-refractivity contribution in [3.63, 3.8) is 0 Å². The molecule has 2 aromatic rings. The maximum absolute atomic E-state index is 12.2. The van der Waals surface area contributed by atoms with E-state index in [-0.39, 0.29) is 17.6 Å². The van der Waals surface area contributed by atoms with Gasteiger partial charge in [0.15, 0.2) is 17.3 Å². The van der Waals surface area contributed by atoms with Crippen molar-refractivity contribution >= 4 is 11.6 Å². The molecule has 2 aliphatic rings. The molecule has 0 bridgehead atoms. The molecular weight excluding hydrogens is 298 g/mol. The molecule has 0 radical (unpaired) electrons. The van der Waals surface area contributed by atoms with Crippen LogP contribution in [0.15, 0.2) is 34.9 Å². The molecule has 1 saturated carbocycles. The lowest BCUT2D eigenvalue weighted by atomic mass is 10.0. The highest BCUT2D eigenvalue weighted by molar-refractivity contribution is 6.02. The number of furan rings is 1. The Morgan fingerprint density at radius 1 is 1.22 bits per heavy atom. The molecule has 0 unspecified atom stereocenters. The van der Waals surface area contributed by atoms with Gasteiger partial charge in [-0.2, -0.15) is 0 Å². The fourth-order valence-corrected chi connectivity index (χ4v) is 2.72. The number of hydrogen-bond acceptors (Lipinski definition) is 5. The van der Waals surface area contributed by atoms with Gasteiger partial charge in [-0.15, -0.1) is 0 Å². The average Bonchev–Trinajstić information content (AvgIpc) is 3.27. The zero-order valence-electron chi connectivity index (χ0n) is 12.5. The van der Waals surface area contributed by atoms with Crippen molar-refractivity contribution < 1.29 is 23.8 Å². The minimum absolute atomic E-state index is 0.215. The molecule has 0 spiro atoms. The Morgan fingerprint density at radius 2 is 1.96 bits per heavy atom. The van der Waals surface area contributed by atoms with Crippen LogP contribution < -0.4 is 14.8 Å². The van der Waals surface area contributed by atoms with E-state index in [4.69, 9.17) is 13.9 Å².